The fraction of sp³-hybridized carbons (Fsp3) is 0.120. The van der Waals surface area contributed by atoms with Gasteiger partial charge in [-0.25, -0.2) is 4.79 Å². The number of nitrogens with one attached hydrogen (secondary N) is 1. The molecule has 0 bridgehead atoms. The topological polar surface area (TPSA) is 76.2 Å². The molecule has 0 saturated heterocycles. The van der Waals surface area contributed by atoms with E-state index in [4.69, 9.17) is 11.1 Å². The summed E-state index contributed by atoms with van der Waals surface area (Å²) in [5, 5.41) is 7.23. The minimum absolute atomic E-state index is 0.00139. The number of esters is 1. The van der Waals surface area contributed by atoms with E-state index in [0.717, 1.165) is 7.11 Å². The van der Waals surface area contributed by atoms with E-state index in [-0.39, 0.29) is 26.7 Å². The van der Waals surface area contributed by atoms with Gasteiger partial charge >= 0.3 is 18.3 Å². The van der Waals surface area contributed by atoms with Crippen molar-refractivity contribution < 1.29 is 35.9 Å². The highest BCUT2D eigenvalue weighted by atomic mass is 32.1. The van der Waals surface area contributed by atoms with Crippen molar-refractivity contribution in [2.24, 2.45) is 5.73 Å². The summed E-state index contributed by atoms with van der Waals surface area (Å²) in [7, 11) is 1.14. The van der Waals surface area contributed by atoms with Crippen LogP contribution in [0.5, 0.6) is 0 Å². The van der Waals surface area contributed by atoms with E-state index >= 15 is 0 Å². The van der Waals surface area contributed by atoms with Crippen molar-refractivity contribution in [3.63, 3.8) is 0 Å². The van der Waals surface area contributed by atoms with Crippen molar-refractivity contribution in [2.45, 2.75) is 12.4 Å². The Labute approximate surface area is 215 Å². The Kier molecular flexibility index (Phi) is 8.44. The molecule has 0 aliphatic carbocycles. The molecular formula is C25H18F6N2O2S2. The van der Waals surface area contributed by atoms with Gasteiger partial charge in [-0.15, -0.1) is 22.7 Å². The van der Waals surface area contributed by atoms with Crippen molar-refractivity contribution >= 4 is 34.5 Å². The van der Waals surface area contributed by atoms with Crippen LogP contribution in [0.3, 0.4) is 0 Å². The number of methoxy groups -OCH3 is 1. The molecular weight excluding hydrogens is 538 g/mol. The van der Waals surface area contributed by atoms with Gasteiger partial charge in [-0.3, -0.25) is 5.41 Å². The Hall–Kier alpha value is -3.64. The van der Waals surface area contributed by atoms with Gasteiger partial charge in [0.2, 0.25) is 0 Å². The number of carbonyl (C=O) groups excluding carboxylic acids is 1. The quantitative estimate of drug-likeness (QED) is 0.116. The molecule has 194 valence electrons. The number of nitrogen functional groups attached to an aromatic ring is 1. The van der Waals surface area contributed by atoms with Crippen LogP contribution in [0.1, 0.15) is 24.3 Å². The number of nitrogens with two attached hydrogens (primary N) is 1. The maximum absolute atomic E-state index is 13.0. The van der Waals surface area contributed by atoms with E-state index in [9.17, 15) is 31.1 Å². The zero-order valence-corrected chi connectivity index (χ0v) is 20.5. The lowest BCUT2D eigenvalue weighted by molar-refractivity contribution is -0.134. The molecule has 0 atom stereocenters. The number of thiophene rings is 2. The van der Waals surface area contributed by atoms with Crippen LogP contribution in [0.25, 0.3) is 22.3 Å². The van der Waals surface area contributed by atoms with Gasteiger partial charge in [0.1, 0.15) is 20.5 Å². The molecule has 0 saturated carbocycles. The Balaban J connectivity index is 0.000000206. The minimum Gasteiger partial charge on any atom is -0.465 e. The maximum atomic E-state index is 13.0. The largest absolute Gasteiger partial charge is 0.465 e. The molecule has 0 radical (unpaired) electrons. The summed E-state index contributed by atoms with van der Waals surface area (Å²) in [6.45, 7) is 0. The van der Waals surface area contributed by atoms with Crippen LogP contribution >= 0.6 is 22.7 Å². The molecule has 0 fully saturated rings. The number of hydrogen-bond donors (Lipinski definition) is 2. The lowest BCUT2D eigenvalue weighted by Gasteiger charge is -2.07. The molecule has 4 aromatic rings. The number of rotatable bonds is 4. The second kappa shape index (κ2) is 11.2. The number of benzene rings is 2. The first kappa shape index (κ1) is 27.9. The smallest absolute Gasteiger partial charge is 0.426 e. The molecule has 2 aromatic carbocycles. The van der Waals surface area contributed by atoms with Crippen LogP contribution in [0.2, 0.25) is 0 Å². The minimum atomic E-state index is -4.50. The molecule has 2 heterocycles. The van der Waals surface area contributed by atoms with Gasteiger partial charge in [0.05, 0.1) is 12.0 Å². The summed E-state index contributed by atoms with van der Waals surface area (Å²) in [5.41, 5.74) is 6.19. The zero-order chi connectivity index (χ0) is 27.4. The number of ether oxygens (including phenoxy) is 1. The van der Waals surface area contributed by atoms with Gasteiger partial charge in [0.15, 0.2) is 0 Å². The highest BCUT2D eigenvalue weighted by Crippen LogP contribution is 2.43. The number of amidine groups is 1. The predicted molar refractivity (Wildman–Crippen MR) is 132 cm³/mol. The number of hydrogen-bond acceptors (Lipinski definition) is 5. The van der Waals surface area contributed by atoms with Crippen LogP contribution in [-0.4, -0.2) is 18.9 Å². The van der Waals surface area contributed by atoms with E-state index in [1.165, 1.54) is 12.1 Å². The van der Waals surface area contributed by atoms with E-state index in [2.05, 4.69) is 4.74 Å². The molecule has 0 unspecified atom stereocenters. The van der Waals surface area contributed by atoms with Gasteiger partial charge in [-0.1, -0.05) is 60.7 Å². The van der Waals surface area contributed by atoms with E-state index in [0.29, 0.717) is 33.8 Å². The summed E-state index contributed by atoms with van der Waals surface area (Å²) >= 11 is 0.889. The highest BCUT2D eigenvalue weighted by molar-refractivity contribution is 7.15. The normalized spacial score (nSPS) is 11.4. The summed E-state index contributed by atoms with van der Waals surface area (Å²) in [5.74, 6) is -1.12. The van der Waals surface area contributed by atoms with Crippen molar-refractivity contribution in [1.29, 1.82) is 5.41 Å². The van der Waals surface area contributed by atoms with Gasteiger partial charge < -0.3 is 10.5 Å². The standard InChI is InChI=1S/C13H9F3O2S.C12H9F3N2S/c1-18-12(17)10-7-9(8-5-3-2-4-6-8)11(19-10)13(14,15)16;13-12(14,15)10-8(6-9(18-10)11(16)17)7-4-2-1-3-5-7/h2-7H,1H3;1-6H,(H3,16,17). The van der Waals surface area contributed by atoms with Gasteiger partial charge in [0, 0.05) is 11.1 Å². The summed E-state index contributed by atoms with van der Waals surface area (Å²) < 4.78 is 82.1. The maximum Gasteiger partial charge on any atom is 0.426 e. The predicted octanol–water partition coefficient (Wildman–Crippen LogP) is 7.94. The second-order valence-electron chi connectivity index (χ2n) is 7.34. The van der Waals surface area contributed by atoms with Crippen molar-refractivity contribution in [3.8, 4) is 22.3 Å². The van der Waals surface area contributed by atoms with E-state index in [1.54, 1.807) is 60.7 Å². The second-order valence-corrected chi connectivity index (χ2v) is 9.44. The third-order valence-corrected chi connectivity index (χ3v) is 7.17. The fourth-order valence-corrected chi connectivity index (χ4v) is 5.08. The first-order valence-corrected chi connectivity index (χ1v) is 11.9. The Bertz CT molecular complexity index is 1380. The fourth-order valence-electron chi connectivity index (χ4n) is 3.20. The van der Waals surface area contributed by atoms with Gasteiger partial charge in [-0.05, 0) is 23.3 Å². The number of carbonyl (C=O) groups is 1. The zero-order valence-electron chi connectivity index (χ0n) is 18.9. The average Bonchev–Trinajstić information content (AvgIpc) is 3.51. The summed E-state index contributed by atoms with van der Waals surface area (Å²) in [6.07, 6.45) is -8.94. The Morgan fingerprint density at radius 1 is 0.757 bits per heavy atom. The lowest BCUT2D eigenvalue weighted by Crippen LogP contribution is -2.08. The summed E-state index contributed by atoms with van der Waals surface area (Å²) in [4.78, 5) is 9.91. The molecule has 0 spiro atoms. The first-order valence-electron chi connectivity index (χ1n) is 10.3. The van der Waals surface area contributed by atoms with Crippen LogP contribution in [0.15, 0.2) is 72.8 Å². The molecule has 2 aromatic heterocycles. The SMILES string of the molecule is COC(=O)c1cc(-c2ccccc2)c(C(F)(F)F)s1.N=C(N)c1cc(-c2ccccc2)c(C(F)(F)F)s1. The Morgan fingerprint density at radius 3 is 1.49 bits per heavy atom. The van der Waals surface area contributed by atoms with Crippen LogP contribution in [-0.2, 0) is 17.1 Å². The molecule has 4 nitrogen and oxygen atoms in total. The van der Waals surface area contributed by atoms with Crippen LogP contribution in [0, 0.1) is 5.41 Å². The number of halogens is 6. The van der Waals surface area contributed by atoms with Crippen LogP contribution < -0.4 is 5.73 Å². The lowest BCUT2D eigenvalue weighted by atomic mass is 10.1. The molecule has 0 aliphatic rings. The van der Waals surface area contributed by atoms with E-state index < -0.39 is 28.1 Å². The van der Waals surface area contributed by atoms with Crippen molar-refractivity contribution in [3.05, 3.63) is 92.3 Å². The molecule has 4 rings (SSSR count). The first-order chi connectivity index (χ1) is 17.3. The molecule has 0 aliphatic heterocycles. The van der Waals surface area contributed by atoms with Crippen molar-refractivity contribution in [1.82, 2.24) is 0 Å². The summed E-state index contributed by atoms with van der Waals surface area (Å²) in [6, 6.07) is 18.9. The van der Waals surface area contributed by atoms with E-state index in [1.807, 2.05) is 0 Å². The third kappa shape index (κ3) is 6.77. The van der Waals surface area contributed by atoms with Crippen molar-refractivity contribution in [2.75, 3.05) is 7.11 Å². The van der Waals surface area contributed by atoms with Gasteiger partial charge in [0.25, 0.3) is 0 Å². The number of alkyl halides is 6. The Morgan fingerprint density at radius 2 is 1.14 bits per heavy atom. The molecule has 12 heteroatoms. The average molecular weight is 557 g/mol. The molecule has 3 N–H and O–H groups in total. The molecule has 37 heavy (non-hydrogen) atoms. The monoisotopic (exact) mass is 556 g/mol. The highest BCUT2D eigenvalue weighted by Gasteiger charge is 2.38. The third-order valence-electron chi connectivity index (χ3n) is 4.80. The van der Waals surface area contributed by atoms with Crippen LogP contribution in [0.4, 0.5) is 26.3 Å². The van der Waals surface area contributed by atoms with Gasteiger partial charge in [-0.2, -0.15) is 26.3 Å². The molecule has 0 amide bonds.